The van der Waals surface area contributed by atoms with Crippen LogP contribution in [0.15, 0.2) is 0 Å². The van der Waals surface area contributed by atoms with Crippen molar-refractivity contribution in [2.45, 2.75) is 37.9 Å². The third-order valence-electron chi connectivity index (χ3n) is 2.43. The first-order valence-corrected chi connectivity index (χ1v) is 8.02. The van der Waals surface area contributed by atoms with Gasteiger partial charge in [-0.2, -0.15) is 13.2 Å². The van der Waals surface area contributed by atoms with Gasteiger partial charge in [-0.1, -0.05) is 6.92 Å². The summed E-state index contributed by atoms with van der Waals surface area (Å²) in [7, 11) is -3.82. The number of hydrogen-bond donors (Lipinski definition) is 1. The Balaban J connectivity index is 4.47. The van der Waals surface area contributed by atoms with Gasteiger partial charge in [-0.25, -0.2) is 13.1 Å². The fourth-order valence-corrected chi connectivity index (χ4v) is 3.73. The molecule has 0 aliphatic heterocycles. The predicted molar refractivity (Wildman–Crippen MR) is 66.7 cm³/mol. The zero-order chi connectivity index (χ0) is 14.4. The second kappa shape index (κ2) is 7.17. The number of hydrogen-bond acceptors (Lipinski definition) is 2. The minimum absolute atomic E-state index is 0.0362. The summed E-state index contributed by atoms with van der Waals surface area (Å²) in [5.74, 6) is -0.668. The minimum atomic E-state index is -4.35. The summed E-state index contributed by atoms with van der Waals surface area (Å²) in [4.78, 5) is 0. The second-order valence-corrected chi connectivity index (χ2v) is 6.42. The topological polar surface area (TPSA) is 46.2 Å². The zero-order valence-corrected chi connectivity index (χ0v) is 12.2. The molecule has 0 atom stereocenters. The molecule has 0 fully saturated rings. The summed E-state index contributed by atoms with van der Waals surface area (Å²) in [5, 5.41) is 0. The van der Waals surface area contributed by atoms with Gasteiger partial charge in [-0.3, -0.25) is 0 Å². The molecule has 1 N–H and O–H groups in total. The second-order valence-electron chi connectivity index (χ2n) is 4.04. The third kappa shape index (κ3) is 7.01. The molecule has 18 heavy (non-hydrogen) atoms. The van der Waals surface area contributed by atoms with Gasteiger partial charge in [0, 0.05) is 18.2 Å². The number of alkyl halides is 5. The van der Waals surface area contributed by atoms with E-state index in [-0.39, 0.29) is 11.8 Å². The molecule has 0 aliphatic rings. The van der Waals surface area contributed by atoms with Crippen LogP contribution in [0, 0.1) is 0 Å². The molecule has 0 radical (unpaired) electrons. The highest BCUT2D eigenvalue weighted by atomic mass is 35.5. The number of nitrogens with one attached hydrogen (secondary N) is 1. The molecule has 0 aromatic heterocycles. The maximum Gasteiger partial charge on any atom is 0.389 e. The van der Waals surface area contributed by atoms with Gasteiger partial charge < -0.3 is 0 Å². The summed E-state index contributed by atoms with van der Waals surface area (Å²) in [6.45, 7) is 1.70. The first kappa shape index (κ1) is 18.3. The Morgan fingerprint density at radius 3 is 2.00 bits per heavy atom. The largest absolute Gasteiger partial charge is 0.389 e. The Labute approximate surface area is 115 Å². The van der Waals surface area contributed by atoms with Crippen LogP contribution in [-0.4, -0.2) is 37.6 Å². The standard InChI is InChI=1S/C9H16Cl2F3NO2S/c1-2-8(6-10,7-11)15-18(16,17)5-3-4-9(12,13)14/h15H,2-7H2,1H3. The van der Waals surface area contributed by atoms with Gasteiger partial charge in [0.1, 0.15) is 0 Å². The molecule has 0 aliphatic carbocycles. The van der Waals surface area contributed by atoms with E-state index in [2.05, 4.69) is 4.72 Å². The van der Waals surface area contributed by atoms with Gasteiger partial charge >= 0.3 is 6.18 Å². The predicted octanol–water partition coefficient (Wildman–Crippen LogP) is 2.87. The highest BCUT2D eigenvalue weighted by molar-refractivity contribution is 7.89. The Morgan fingerprint density at radius 1 is 1.17 bits per heavy atom. The average molecular weight is 330 g/mol. The number of rotatable bonds is 8. The first-order chi connectivity index (χ1) is 8.10. The Hall–Kier alpha value is 0.280. The zero-order valence-electron chi connectivity index (χ0n) is 9.86. The van der Waals surface area contributed by atoms with Gasteiger partial charge in [0.2, 0.25) is 10.0 Å². The van der Waals surface area contributed by atoms with E-state index in [0.29, 0.717) is 6.42 Å². The molecular weight excluding hydrogens is 314 g/mol. The first-order valence-electron chi connectivity index (χ1n) is 5.30. The van der Waals surface area contributed by atoms with E-state index in [1.165, 1.54) is 0 Å². The lowest BCUT2D eigenvalue weighted by atomic mass is 10.0. The van der Waals surface area contributed by atoms with E-state index in [0.717, 1.165) is 0 Å². The lowest BCUT2D eigenvalue weighted by molar-refractivity contribution is -0.134. The van der Waals surface area contributed by atoms with Crippen molar-refractivity contribution in [1.82, 2.24) is 4.72 Å². The van der Waals surface area contributed by atoms with Crippen molar-refractivity contribution in [3.8, 4) is 0 Å². The third-order valence-corrected chi connectivity index (χ3v) is 5.03. The SMILES string of the molecule is CCC(CCl)(CCl)NS(=O)(=O)CCCC(F)(F)F. The molecule has 0 unspecified atom stereocenters. The maximum atomic E-state index is 11.9. The van der Waals surface area contributed by atoms with Crippen LogP contribution < -0.4 is 4.72 Å². The molecule has 0 bridgehead atoms. The molecule has 0 heterocycles. The minimum Gasteiger partial charge on any atom is -0.212 e. The van der Waals surface area contributed by atoms with Crippen molar-refractivity contribution in [2.24, 2.45) is 0 Å². The maximum absolute atomic E-state index is 11.9. The van der Waals surface area contributed by atoms with E-state index >= 15 is 0 Å². The van der Waals surface area contributed by atoms with E-state index in [9.17, 15) is 21.6 Å². The monoisotopic (exact) mass is 329 g/mol. The number of sulfonamides is 1. The summed E-state index contributed by atoms with van der Waals surface area (Å²) in [6.07, 6.45) is -5.60. The Bertz CT molecular complexity index is 334. The van der Waals surface area contributed by atoms with Crippen LogP contribution >= 0.6 is 23.2 Å². The lowest BCUT2D eigenvalue weighted by Crippen LogP contribution is -2.51. The van der Waals surface area contributed by atoms with E-state index in [4.69, 9.17) is 23.2 Å². The Kier molecular flexibility index (Phi) is 7.28. The fraction of sp³-hybridized carbons (Fsp3) is 1.00. The summed E-state index contributed by atoms with van der Waals surface area (Å²) >= 11 is 11.3. The molecule has 0 rings (SSSR count). The van der Waals surface area contributed by atoms with Crippen molar-refractivity contribution < 1.29 is 21.6 Å². The van der Waals surface area contributed by atoms with Gasteiger partial charge in [0.05, 0.1) is 11.3 Å². The van der Waals surface area contributed by atoms with Crippen LogP contribution in [0.4, 0.5) is 13.2 Å². The van der Waals surface area contributed by atoms with Crippen molar-refractivity contribution in [1.29, 1.82) is 0 Å². The molecule has 0 saturated carbocycles. The summed E-state index contributed by atoms with van der Waals surface area (Å²) < 4.78 is 61.2. The molecule has 110 valence electrons. The quantitative estimate of drug-likeness (QED) is 0.696. The molecule has 9 heteroatoms. The Morgan fingerprint density at radius 2 is 1.67 bits per heavy atom. The van der Waals surface area contributed by atoms with Crippen molar-refractivity contribution in [3.63, 3.8) is 0 Å². The fourth-order valence-electron chi connectivity index (χ4n) is 1.19. The van der Waals surface area contributed by atoms with Crippen LogP contribution in [0.25, 0.3) is 0 Å². The summed E-state index contributed by atoms with van der Waals surface area (Å²) in [6, 6.07) is 0. The van der Waals surface area contributed by atoms with Crippen molar-refractivity contribution in [2.75, 3.05) is 17.5 Å². The van der Waals surface area contributed by atoms with Crippen LogP contribution in [0.1, 0.15) is 26.2 Å². The van der Waals surface area contributed by atoms with Crippen LogP contribution in [-0.2, 0) is 10.0 Å². The normalized spacial score (nSPS) is 13.9. The molecule has 0 saturated heterocycles. The molecular formula is C9H16Cl2F3NO2S. The van der Waals surface area contributed by atoms with Gasteiger partial charge in [0.15, 0.2) is 0 Å². The average Bonchev–Trinajstić information content (AvgIpc) is 2.24. The van der Waals surface area contributed by atoms with E-state index in [1.807, 2.05) is 0 Å². The highest BCUT2D eigenvalue weighted by Crippen LogP contribution is 2.22. The van der Waals surface area contributed by atoms with Crippen LogP contribution in [0.5, 0.6) is 0 Å². The van der Waals surface area contributed by atoms with Gasteiger partial charge in [-0.05, 0) is 12.8 Å². The van der Waals surface area contributed by atoms with E-state index < -0.39 is 40.3 Å². The van der Waals surface area contributed by atoms with Crippen molar-refractivity contribution >= 4 is 33.2 Å². The van der Waals surface area contributed by atoms with Crippen LogP contribution in [0.3, 0.4) is 0 Å². The molecule has 0 amide bonds. The lowest BCUT2D eigenvalue weighted by Gasteiger charge is -2.29. The van der Waals surface area contributed by atoms with E-state index in [1.54, 1.807) is 6.92 Å². The molecule has 3 nitrogen and oxygen atoms in total. The molecule has 0 aromatic carbocycles. The molecule has 0 aromatic rings. The highest BCUT2D eigenvalue weighted by Gasteiger charge is 2.32. The summed E-state index contributed by atoms with van der Waals surface area (Å²) in [5.41, 5.74) is -1.000. The number of halogens is 5. The van der Waals surface area contributed by atoms with Crippen molar-refractivity contribution in [3.05, 3.63) is 0 Å². The van der Waals surface area contributed by atoms with Crippen LogP contribution in [0.2, 0.25) is 0 Å². The smallest absolute Gasteiger partial charge is 0.212 e. The molecule has 0 spiro atoms. The van der Waals surface area contributed by atoms with Gasteiger partial charge in [0.25, 0.3) is 0 Å². The van der Waals surface area contributed by atoms with Gasteiger partial charge in [-0.15, -0.1) is 23.2 Å².